The maximum atomic E-state index is 13.2. The van der Waals surface area contributed by atoms with Crippen LogP contribution in [0.1, 0.15) is 51.4 Å². The van der Waals surface area contributed by atoms with Crippen LogP contribution < -0.4 is 5.32 Å². The van der Waals surface area contributed by atoms with Crippen molar-refractivity contribution < 1.29 is 19.5 Å². The molecule has 1 spiro atoms. The van der Waals surface area contributed by atoms with Gasteiger partial charge in [0.1, 0.15) is 4.60 Å². The summed E-state index contributed by atoms with van der Waals surface area (Å²) in [5, 5.41) is 12.9. The van der Waals surface area contributed by atoms with Crippen molar-refractivity contribution in [1.29, 1.82) is 0 Å². The Balaban J connectivity index is 1.25. The number of carboxylic acid groups (broad SMARTS) is 1. The van der Waals surface area contributed by atoms with Gasteiger partial charge in [0.25, 0.3) is 0 Å². The molecule has 1 aromatic heterocycles. The van der Waals surface area contributed by atoms with E-state index < -0.39 is 17.8 Å². The average Bonchev–Trinajstić information content (AvgIpc) is 3.10. The zero-order chi connectivity index (χ0) is 22.5. The number of nitrogens with one attached hydrogen (secondary N) is 1. The minimum Gasteiger partial charge on any atom is -0.481 e. The molecule has 2 N–H and O–H groups in total. The van der Waals surface area contributed by atoms with Crippen molar-refractivity contribution in [3.63, 3.8) is 0 Å². The van der Waals surface area contributed by atoms with Crippen molar-refractivity contribution >= 4 is 39.4 Å². The van der Waals surface area contributed by atoms with Gasteiger partial charge in [-0.15, -0.1) is 0 Å². The minimum absolute atomic E-state index is 0.0142. The molecular formula is C24H30BrN3O4. The number of aliphatic carboxylic acids is 1. The van der Waals surface area contributed by atoms with Crippen LogP contribution in [-0.4, -0.2) is 45.9 Å². The summed E-state index contributed by atoms with van der Waals surface area (Å²) in [4.78, 5) is 43.9. The highest BCUT2D eigenvalue weighted by Gasteiger charge is 2.75. The first-order chi connectivity index (χ1) is 15.4. The van der Waals surface area contributed by atoms with Gasteiger partial charge in [-0.3, -0.25) is 14.4 Å². The van der Waals surface area contributed by atoms with Gasteiger partial charge >= 0.3 is 5.97 Å². The number of amides is 2. The van der Waals surface area contributed by atoms with E-state index >= 15 is 0 Å². The summed E-state index contributed by atoms with van der Waals surface area (Å²) in [6.07, 6.45) is 9.04. The fourth-order valence-electron chi connectivity index (χ4n) is 7.32. The number of hydrogen-bond donors (Lipinski definition) is 2. The van der Waals surface area contributed by atoms with E-state index in [1.165, 1.54) is 0 Å². The van der Waals surface area contributed by atoms with Gasteiger partial charge < -0.3 is 15.3 Å². The lowest BCUT2D eigenvalue weighted by atomic mass is 9.78. The van der Waals surface area contributed by atoms with E-state index in [2.05, 4.69) is 26.2 Å². The van der Waals surface area contributed by atoms with E-state index in [1.54, 1.807) is 18.3 Å². The number of hydrogen-bond acceptors (Lipinski definition) is 4. The first-order valence-electron chi connectivity index (χ1n) is 11.8. The highest BCUT2D eigenvalue weighted by Crippen LogP contribution is 2.78. The van der Waals surface area contributed by atoms with Crippen molar-refractivity contribution in [2.24, 2.45) is 35.0 Å². The molecule has 3 saturated carbocycles. The number of carbonyl (C=O) groups excluding carboxylic acids is 2. The minimum atomic E-state index is -0.847. The third-order valence-corrected chi connectivity index (χ3v) is 9.08. The van der Waals surface area contributed by atoms with E-state index in [1.807, 2.05) is 4.90 Å². The predicted molar refractivity (Wildman–Crippen MR) is 122 cm³/mol. The van der Waals surface area contributed by atoms with Gasteiger partial charge in [-0.05, 0) is 96.2 Å². The van der Waals surface area contributed by atoms with Gasteiger partial charge in [0.15, 0.2) is 0 Å². The Kier molecular flexibility index (Phi) is 5.76. The number of aromatic nitrogens is 1. The number of pyridine rings is 1. The molecule has 2 amide bonds. The second-order valence-electron chi connectivity index (χ2n) is 10.0. The molecule has 4 fully saturated rings. The number of nitrogens with zero attached hydrogens (tertiary/aromatic N) is 2. The largest absolute Gasteiger partial charge is 0.481 e. The van der Waals surface area contributed by atoms with Crippen LogP contribution in [0, 0.1) is 35.0 Å². The van der Waals surface area contributed by atoms with Crippen LogP contribution in [0.15, 0.2) is 22.9 Å². The van der Waals surface area contributed by atoms with Crippen molar-refractivity contribution in [2.45, 2.75) is 51.4 Å². The third kappa shape index (κ3) is 3.64. The summed E-state index contributed by atoms with van der Waals surface area (Å²) in [5.74, 6) is -1.25. The van der Waals surface area contributed by atoms with E-state index in [-0.39, 0.29) is 29.1 Å². The highest BCUT2D eigenvalue weighted by molar-refractivity contribution is 9.10. The molecule has 2 heterocycles. The zero-order valence-corrected chi connectivity index (χ0v) is 19.7. The molecule has 0 aromatic carbocycles. The summed E-state index contributed by atoms with van der Waals surface area (Å²) in [5.41, 5.74) is 0.576. The predicted octanol–water partition coefficient (Wildman–Crippen LogP) is 3.94. The van der Waals surface area contributed by atoms with E-state index in [4.69, 9.17) is 0 Å². The summed E-state index contributed by atoms with van der Waals surface area (Å²) >= 11 is 3.29. The quantitative estimate of drug-likeness (QED) is 0.548. The molecule has 172 valence electrons. The smallest absolute Gasteiger partial charge is 0.307 e. The van der Waals surface area contributed by atoms with Crippen LogP contribution in [0.4, 0.5) is 5.69 Å². The Morgan fingerprint density at radius 1 is 1.16 bits per heavy atom. The molecule has 2 bridgehead atoms. The van der Waals surface area contributed by atoms with Gasteiger partial charge in [0, 0.05) is 19.5 Å². The van der Waals surface area contributed by atoms with Crippen molar-refractivity contribution in [2.75, 3.05) is 18.4 Å². The van der Waals surface area contributed by atoms with E-state index in [0.29, 0.717) is 22.6 Å². The Morgan fingerprint density at radius 2 is 1.88 bits per heavy atom. The Morgan fingerprint density at radius 3 is 2.53 bits per heavy atom. The number of anilines is 1. The molecule has 6 atom stereocenters. The molecule has 3 aliphatic carbocycles. The maximum absolute atomic E-state index is 13.2. The Labute approximate surface area is 196 Å². The van der Waals surface area contributed by atoms with Crippen LogP contribution in [-0.2, 0) is 14.4 Å². The van der Waals surface area contributed by atoms with Crippen molar-refractivity contribution in [3.05, 3.63) is 22.9 Å². The zero-order valence-electron chi connectivity index (χ0n) is 18.1. The van der Waals surface area contributed by atoms with Crippen LogP contribution in [0.25, 0.3) is 0 Å². The van der Waals surface area contributed by atoms with Gasteiger partial charge in [-0.2, -0.15) is 0 Å². The third-order valence-electron chi connectivity index (χ3n) is 8.61. The summed E-state index contributed by atoms with van der Waals surface area (Å²) in [6.45, 7) is 1.78. The lowest BCUT2D eigenvalue weighted by Crippen LogP contribution is -2.37. The number of rotatable bonds is 7. The first kappa shape index (κ1) is 21.9. The molecule has 2 unspecified atom stereocenters. The molecular weight excluding hydrogens is 474 g/mol. The number of halogens is 1. The molecule has 32 heavy (non-hydrogen) atoms. The van der Waals surface area contributed by atoms with Crippen molar-refractivity contribution in [1.82, 2.24) is 9.88 Å². The SMILES string of the molecule is O=C(O)[C@H]1[C@H](C(=O)Nc2ccc(Br)nc2)[C@@H]2CC[C@H]1C21CC1CCCC(=O)N1CCCC1. The van der Waals surface area contributed by atoms with Gasteiger partial charge in [0.05, 0.1) is 23.7 Å². The fourth-order valence-corrected chi connectivity index (χ4v) is 7.55. The van der Waals surface area contributed by atoms with Gasteiger partial charge in [0.2, 0.25) is 11.8 Å². The van der Waals surface area contributed by atoms with Gasteiger partial charge in [-0.25, -0.2) is 4.98 Å². The molecule has 8 heteroatoms. The van der Waals surface area contributed by atoms with Crippen LogP contribution >= 0.6 is 15.9 Å². The molecule has 7 nitrogen and oxygen atoms in total. The van der Waals surface area contributed by atoms with E-state index in [0.717, 1.165) is 58.0 Å². The van der Waals surface area contributed by atoms with Crippen molar-refractivity contribution in [3.8, 4) is 0 Å². The molecule has 1 aliphatic heterocycles. The average molecular weight is 504 g/mol. The molecule has 5 rings (SSSR count). The normalized spacial score (nSPS) is 34.8. The maximum Gasteiger partial charge on any atom is 0.307 e. The lowest BCUT2D eigenvalue weighted by Gasteiger charge is -2.26. The standard InChI is InChI=1S/C24H30BrN3O4/c25-18-9-6-15(13-26-18)27-22(30)20-16-7-8-17(21(20)23(31)32)24(16)12-14(24)4-3-5-19(29)28-10-1-2-11-28/h6,9,13-14,16-17,20-21H,1-5,7-8,10-12H2,(H,27,30)(H,31,32)/t14?,16-,17+,20+,21+,24?/m0/s1. The summed E-state index contributed by atoms with van der Waals surface area (Å²) in [6, 6.07) is 3.53. The van der Waals surface area contributed by atoms with Crippen LogP contribution in [0.5, 0.6) is 0 Å². The van der Waals surface area contributed by atoms with E-state index in [9.17, 15) is 19.5 Å². The van der Waals surface area contributed by atoms with Crippen LogP contribution in [0.3, 0.4) is 0 Å². The fraction of sp³-hybridized carbons (Fsp3) is 0.667. The lowest BCUT2D eigenvalue weighted by molar-refractivity contribution is -0.148. The number of carbonyl (C=O) groups is 3. The molecule has 1 aromatic rings. The first-order valence-corrected chi connectivity index (χ1v) is 12.6. The summed E-state index contributed by atoms with van der Waals surface area (Å²) in [7, 11) is 0. The number of likely N-dealkylation sites (tertiary alicyclic amines) is 1. The second-order valence-corrected chi connectivity index (χ2v) is 10.8. The van der Waals surface area contributed by atoms with Gasteiger partial charge in [-0.1, -0.05) is 0 Å². The topological polar surface area (TPSA) is 99.6 Å². The second kappa shape index (κ2) is 8.43. The van der Waals surface area contributed by atoms with Crippen LogP contribution in [0.2, 0.25) is 0 Å². The Bertz CT molecular complexity index is 916. The summed E-state index contributed by atoms with van der Waals surface area (Å²) < 4.78 is 0.682. The number of carboxylic acids is 1. The highest BCUT2D eigenvalue weighted by atomic mass is 79.9. The molecule has 0 radical (unpaired) electrons. The molecule has 4 aliphatic rings. The molecule has 1 saturated heterocycles. The Hall–Kier alpha value is -1.96. The monoisotopic (exact) mass is 503 g/mol.